The number of aryl methyl sites for hydroxylation is 1. The normalized spacial score (nSPS) is 17.2. The van der Waals surface area contributed by atoms with Crippen LogP contribution in [0.4, 0.5) is 0 Å². The zero-order valence-corrected chi connectivity index (χ0v) is 9.72. The highest BCUT2D eigenvalue weighted by Crippen LogP contribution is 2.20. The summed E-state index contributed by atoms with van der Waals surface area (Å²) >= 11 is 0. The molecule has 94 valence electrons. The van der Waals surface area contributed by atoms with Crippen molar-refractivity contribution in [1.82, 2.24) is 4.98 Å². The number of carbonyl (C=O) groups is 1. The van der Waals surface area contributed by atoms with Crippen LogP contribution in [0.15, 0.2) is 10.6 Å². The van der Waals surface area contributed by atoms with Crippen LogP contribution in [-0.2, 0) is 22.4 Å². The number of carboxylic acid groups (broad SMARTS) is 1. The second-order valence-corrected chi connectivity index (χ2v) is 4.37. The lowest BCUT2D eigenvalue weighted by Gasteiger charge is -2.20. The maximum absolute atomic E-state index is 10.4. The standard InChI is InChI=1S/C12H17NO4/c14-12(15)2-1-10-8-13-11(17-10)7-9-3-5-16-6-4-9/h8-9H,1-7H2,(H,14,15). The quantitative estimate of drug-likeness (QED) is 0.846. The summed E-state index contributed by atoms with van der Waals surface area (Å²) in [6.45, 7) is 1.63. The number of hydrogen-bond acceptors (Lipinski definition) is 4. The number of nitrogens with zero attached hydrogens (tertiary/aromatic N) is 1. The Morgan fingerprint density at radius 2 is 2.24 bits per heavy atom. The number of aromatic nitrogens is 1. The summed E-state index contributed by atoms with van der Waals surface area (Å²) in [6.07, 6.45) is 5.07. The van der Waals surface area contributed by atoms with E-state index < -0.39 is 5.97 Å². The van der Waals surface area contributed by atoms with Crippen LogP contribution in [0.5, 0.6) is 0 Å². The van der Waals surface area contributed by atoms with Crippen molar-refractivity contribution in [2.75, 3.05) is 13.2 Å². The van der Waals surface area contributed by atoms with Gasteiger partial charge in [0.15, 0.2) is 5.89 Å². The van der Waals surface area contributed by atoms with Crippen LogP contribution in [0.2, 0.25) is 0 Å². The molecule has 0 saturated carbocycles. The highest BCUT2D eigenvalue weighted by molar-refractivity contribution is 5.66. The first-order valence-electron chi connectivity index (χ1n) is 5.97. The molecule has 5 nitrogen and oxygen atoms in total. The van der Waals surface area contributed by atoms with Gasteiger partial charge in [0, 0.05) is 26.1 Å². The van der Waals surface area contributed by atoms with Gasteiger partial charge in [0.25, 0.3) is 0 Å². The van der Waals surface area contributed by atoms with Gasteiger partial charge in [-0.1, -0.05) is 0 Å². The number of oxazole rings is 1. The molecule has 0 radical (unpaired) electrons. The Morgan fingerprint density at radius 3 is 2.94 bits per heavy atom. The van der Waals surface area contributed by atoms with Crippen LogP contribution in [0.25, 0.3) is 0 Å². The third-order valence-electron chi connectivity index (χ3n) is 2.99. The Balaban J connectivity index is 1.82. The molecule has 5 heteroatoms. The van der Waals surface area contributed by atoms with Gasteiger partial charge in [-0.15, -0.1) is 0 Å². The Bertz CT molecular complexity index is 368. The second kappa shape index (κ2) is 5.82. The zero-order chi connectivity index (χ0) is 12.1. The van der Waals surface area contributed by atoms with E-state index in [0.717, 1.165) is 38.4 Å². The number of aliphatic carboxylic acids is 1. The summed E-state index contributed by atoms with van der Waals surface area (Å²) < 4.78 is 10.8. The maximum Gasteiger partial charge on any atom is 0.303 e. The van der Waals surface area contributed by atoms with Crippen molar-refractivity contribution in [1.29, 1.82) is 0 Å². The molecule has 0 atom stereocenters. The van der Waals surface area contributed by atoms with Crippen molar-refractivity contribution in [3.05, 3.63) is 17.8 Å². The second-order valence-electron chi connectivity index (χ2n) is 4.37. The molecule has 0 spiro atoms. The lowest BCUT2D eigenvalue weighted by molar-refractivity contribution is -0.137. The largest absolute Gasteiger partial charge is 0.481 e. The summed E-state index contributed by atoms with van der Waals surface area (Å²) in [4.78, 5) is 14.6. The molecule has 1 N–H and O–H groups in total. The smallest absolute Gasteiger partial charge is 0.303 e. The van der Waals surface area contributed by atoms with Gasteiger partial charge in [0.2, 0.25) is 0 Å². The van der Waals surface area contributed by atoms with Crippen LogP contribution in [-0.4, -0.2) is 29.3 Å². The van der Waals surface area contributed by atoms with Gasteiger partial charge in [-0.25, -0.2) is 4.98 Å². The summed E-state index contributed by atoms with van der Waals surface area (Å²) in [5.41, 5.74) is 0. The van der Waals surface area contributed by atoms with Crippen molar-refractivity contribution < 1.29 is 19.1 Å². The molecule has 17 heavy (non-hydrogen) atoms. The molecular weight excluding hydrogens is 222 g/mol. The van der Waals surface area contributed by atoms with Crippen molar-refractivity contribution in [2.45, 2.75) is 32.1 Å². The van der Waals surface area contributed by atoms with Gasteiger partial charge >= 0.3 is 5.97 Å². The van der Waals surface area contributed by atoms with Gasteiger partial charge in [-0.2, -0.15) is 0 Å². The van der Waals surface area contributed by atoms with Crippen LogP contribution in [0, 0.1) is 5.92 Å². The minimum Gasteiger partial charge on any atom is -0.481 e. The van der Waals surface area contributed by atoms with Crippen molar-refractivity contribution in [2.24, 2.45) is 5.92 Å². The first-order chi connectivity index (χ1) is 8.24. The molecule has 1 aromatic heterocycles. The molecule has 0 bridgehead atoms. The highest BCUT2D eigenvalue weighted by atomic mass is 16.5. The van der Waals surface area contributed by atoms with Crippen LogP contribution in [0.1, 0.15) is 30.9 Å². The number of rotatable bonds is 5. The van der Waals surface area contributed by atoms with Crippen LogP contribution < -0.4 is 0 Å². The van der Waals surface area contributed by atoms with Crippen molar-refractivity contribution >= 4 is 5.97 Å². The van der Waals surface area contributed by atoms with Crippen LogP contribution >= 0.6 is 0 Å². The summed E-state index contributed by atoms with van der Waals surface area (Å²) in [5.74, 6) is 1.15. The fourth-order valence-corrected chi connectivity index (χ4v) is 1.99. The van der Waals surface area contributed by atoms with E-state index in [4.69, 9.17) is 14.3 Å². The molecule has 0 aromatic carbocycles. The van der Waals surface area contributed by atoms with Crippen molar-refractivity contribution in [3.63, 3.8) is 0 Å². The molecule has 1 fully saturated rings. The number of hydrogen-bond donors (Lipinski definition) is 1. The van der Waals surface area contributed by atoms with E-state index in [1.807, 2.05) is 0 Å². The summed E-state index contributed by atoms with van der Waals surface area (Å²) in [5, 5.41) is 8.57. The molecule has 0 amide bonds. The molecule has 1 aliphatic heterocycles. The van der Waals surface area contributed by atoms with Crippen LogP contribution in [0.3, 0.4) is 0 Å². The molecular formula is C12H17NO4. The fraction of sp³-hybridized carbons (Fsp3) is 0.667. The monoisotopic (exact) mass is 239 g/mol. The SMILES string of the molecule is O=C(O)CCc1cnc(CC2CCOCC2)o1. The lowest BCUT2D eigenvalue weighted by atomic mass is 9.97. The lowest BCUT2D eigenvalue weighted by Crippen LogP contribution is -2.17. The Labute approximate surface area is 99.8 Å². The topological polar surface area (TPSA) is 72.6 Å². The summed E-state index contributed by atoms with van der Waals surface area (Å²) in [7, 11) is 0. The van der Waals surface area contributed by atoms with Gasteiger partial charge in [-0.3, -0.25) is 4.79 Å². The predicted octanol–water partition coefficient (Wildman–Crippen LogP) is 1.66. The van der Waals surface area contributed by atoms with E-state index >= 15 is 0 Å². The van der Waals surface area contributed by atoms with Gasteiger partial charge < -0.3 is 14.3 Å². The number of carboxylic acids is 1. The van der Waals surface area contributed by atoms with E-state index in [9.17, 15) is 4.79 Å². The first kappa shape index (κ1) is 12.1. The van der Waals surface area contributed by atoms with Gasteiger partial charge in [0.05, 0.1) is 12.6 Å². The Morgan fingerprint density at radius 1 is 1.47 bits per heavy atom. The highest BCUT2D eigenvalue weighted by Gasteiger charge is 2.17. The predicted molar refractivity (Wildman–Crippen MR) is 59.7 cm³/mol. The average Bonchev–Trinajstić information content (AvgIpc) is 2.75. The molecule has 2 rings (SSSR count). The van der Waals surface area contributed by atoms with E-state index in [1.165, 1.54) is 0 Å². The maximum atomic E-state index is 10.4. The minimum absolute atomic E-state index is 0.0892. The van der Waals surface area contributed by atoms with Gasteiger partial charge in [0.1, 0.15) is 5.76 Å². The van der Waals surface area contributed by atoms with E-state index in [2.05, 4.69) is 4.98 Å². The van der Waals surface area contributed by atoms with E-state index in [0.29, 0.717) is 18.1 Å². The fourth-order valence-electron chi connectivity index (χ4n) is 1.99. The molecule has 1 aromatic rings. The first-order valence-corrected chi connectivity index (χ1v) is 5.97. The van der Waals surface area contributed by atoms with Crippen molar-refractivity contribution in [3.8, 4) is 0 Å². The average molecular weight is 239 g/mol. The number of ether oxygens (including phenoxy) is 1. The Hall–Kier alpha value is -1.36. The summed E-state index contributed by atoms with van der Waals surface area (Å²) in [6, 6.07) is 0. The molecule has 0 unspecified atom stereocenters. The third-order valence-corrected chi connectivity index (χ3v) is 2.99. The molecule has 1 saturated heterocycles. The molecule has 1 aliphatic rings. The third kappa shape index (κ3) is 3.85. The zero-order valence-electron chi connectivity index (χ0n) is 9.72. The van der Waals surface area contributed by atoms with E-state index in [1.54, 1.807) is 6.20 Å². The molecule has 0 aliphatic carbocycles. The molecule has 2 heterocycles. The minimum atomic E-state index is -0.813. The van der Waals surface area contributed by atoms with Gasteiger partial charge in [-0.05, 0) is 18.8 Å². The Kier molecular flexibility index (Phi) is 4.14. The van der Waals surface area contributed by atoms with E-state index in [-0.39, 0.29) is 6.42 Å².